The van der Waals surface area contributed by atoms with Crippen LogP contribution in [0.1, 0.15) is 5.56 Å². The fourth-order valence-corrected chi connectivity index (χ4v) is 3.10. The van der Waals surface area contributed by atoms with Gasteiger partial charge in [0.1, 0.15) is 0 Å². The standard InChI is InChI=1S/C12H13N3O2S2/c1-8-5-3-4-6-9(8)15(2)11-13-14-12(19-11)18-7-10(16)17/h3-6H,7H2,1-2H3,(H,16,17). The first-order chi connectivity index (χ1) is 9.08. The van der Waals surface area contributed by atoms with Gasteiger partial charge in [-0.25, -0.2) is 0 Å². The molecule has 5 nitrogen and oxygen atoms in total. The van der Waals surface area contributed by atoms with Gasteiger partial charge in [0.25, 0.3) is 0 Å². The lowest BCUT2D eigenvalue weighted by atomic mass is 10.2. The molecule has 0 aliphatic rings. The summed E-state index contributed by atoms with van der Waals surface area (Å²) in [5, 5.41) is 17.5. The van der Waals surface area contributed by atoms with Crippen LogP contribution in [0.2, 0.25) is 0 Å². The summed E-state index contributed by atoms with van der Waals surface area (Å²) < 4.78 is 0.665. The molecule has 100 valence electrons. The lowest BCUT2D eigenvalue weighted by Crippen LogP contribution is -2.10. The Hall–Kier alpha value is -1.60. The van der Waals surface area contributed by atoms with Crippen LogP contribution in [-0.4, -0.2) is 34.1 Å². The fourth-order valence-electron chi connectivity index (χ4n) is 1.56. The predicted molar refractivity (Wildman–Crippen MR) is 77.5 cm³/mol. The van der Waals surface area contributed by atoms with Crippen LogP contribution >= 0.6 is 23.1 Å². The third-order valence-electron chi connectivity index (χ3n) is 2.48. The van der Waals surface area contributed by atoms with E-state index >= 15 is 0 Å². The molecule has 0 radical (unpaired) electrons. The lowest BCUT2D eigenvalue weighted by molar-refractivity contribution is -0.133. The molecule has 0 saturated carbocycles. The first-order valence-corrected chi connectivity index (χ1v) is 7.35. The van der Waals surface area contributed by atoms with E-state index in [1.807, 2.05) is 43.1 Å². The van der Waals surface area contributed by atoms with Gasteiger partial charge in [0.05, 0.1) is 5.75 Å². The number of thioether (sulfide) groups is 1. The molecule has 2 aromatic rings. The number of para-hydroxylation sites is 1. The topological polar surface area (TPSA) is 66.3 Å². The van der Waals surface area contributed by atoms with E-state index in [2.05, 4.69) is 10.2 Å². The highest BCUT2D eigenvalue weighted by Crippen LogP contribution is 2.32. The van der Waals surface area contributed by atoms with Crippen LogP contribution in [0, 0.1) is 6.92 Å². The summed E-state index contributed by atoms with van der Waals surface area (Å²) in [6.45, 7) is 2.03. The first-order valence-electron chi connectivity index (χ1n) is 5.55. The highest BCUT2D eigenvalue weighted by atomic mass is 32.2. The van der Waals surface area contributed by atoms with Crippen molar-refractivity contribution in [2.45, 2.75) is 11.3 Å². The van der Waals surface area contributed by atoms with E-state index in [0.29, 0.717) is 4.34 Å². The number of aromatic nitrogens is 2. The molecule has 1 aromatic carbocycles. The molecule has 0 saturated heterocycles. The molecule has 0 fully saturated rings. The average Bonchev–Trinajstić information content (AvgIpc) is 2.85. The van der Waals surface area contributed by atoms with Crippen LogP contribution in [0.25, 0.3) is 0 Å². The molecule has 0 amide bonds. The van der Waals surface area contributed by atoms with Gasteiger partial charge in [-0.05, 0) is 18.6 Å². The Kier molecular flexibility index (Phi) is 4.39. The number of nitrogens with zero attached hydrogens (tertiary/aromatic N) is 3. The first kappa shape index (κ1) is 13.8. The van der Waals surface area contributed by atoms with Gasteiger partial charge in [-0.3, -0.25) is 4.79 Å². The molecule has 1 aromatic heterocycles. The number of hydrogen-bond acceptors (Lipinski definition) is 6. The van der Waals surface area contributed by atoms with Gasteiger partial charge in [0, 0.05) is 12.7 Å². The molecule has 19 heavy (non-hydrogen) atoms. The number of rotatable bonds is 5. The number of benzene rings is 1. The molecule has 1 heterocycles. The summed E-state index contributed by atoms with van der Waals surface area (Å²) in [6, 6.07) is 8.01. The van der Waals surface area contributed by atoms with Crippen molar-refractivity contribution in [2.24, 2.45) is 0 Å². The second-order valence-corrected chi connectivity index (χ2v) is 6.06. The second-order valence-electron chi connectivity index (χ2n) is 3.88. The zero-order chi connectivity index (χ0) is 13.8. The van der Waals surface area contributed by atoms with Crippen molar-refractivity contribution in [1.29, 1.82) is 0 Å². The second kappa shape index (κ2) is 6.03. The van der Waals surface area contributed by atoms with Gasteiger partial charge in [-0.1, -0.05) is 41.3 Å². The summed E-state index contributed by atoms with van der Waals surface area (Å²) in [6.07, 6.45) is 0. The van der Waals surface area contributed by atoms with Crippen LogP contribution in [-0.2, 0) is 4.79 Å². The predicted octanol–water partition coefficient (Wildman–Crippen LogP) is 2.79. The maximum Gasteiger partial charge on any atom is 0.313 e. The molecular formula is C12H13N3O2S2. The maximum atomic E-state index is 10.5. The zero-order valence-corrected chi connectivity index (χ0v) is 12.2. The Balaban J connectivity index is 2.14. The Bertz CT molecular complexity index is 586. The molecule has 0 aliphatic carbocycles. The number of carboxylic acids is 1. The monoisotopic (exact) mass is 295 g/mol. The van der Waals surface area contributed by atoms with Crippen molar-refractivity contribution in [3.8, 4) is 0 Å². The van der Waals surface area contributed by atoms with E-state index in [0.717, 1.165) is 16.4 Å². The molecular weight excluding hydrogens is 282 g/mol. The van der Waals surface area contributed by atoms with Crippen LogP contribution in [0.3, 0.4) is 0 Å². The van der Waals surface area contributed by atoms with Crippen molar-refractivity contribution in [3.63, 3.8) is 0 Å². The van der Waals surface area contributed by atoms with Crippen LogP contribution in [0.15, 0.2) is 28.6 Å². The number of anilines is 2. The van der Waals surface area contributed by atoms with E-state index in [-0.39, 0.29) is 5.75 Å². The lowest BCUT2D eigenvalue weighted by Gasteiger charge is -2.17. The van der Waals surface area contributed by atoms with Crippen molar-refractivity contribution < 1.29 is 9.90 Å². The fraction of sp³-hybridized carbons (Fsp3) is 0.250. The minimum absolute atomic E-state index is 0.00269. The third-order valence-corrected chi connectivity index (χ3v) is 4.60. The summed E-state index contributed by atoms with van der Waals surface area (Å²) in [5.74, 6) is -0.850. The molecule has 0 atom stereocenters. The maximum absolute atomic E-state index is 10.5. The number of carbonyl (C=O) groups is 1. The highest BCUT2D eigenvalue weighted by Gasteiger charge is 2.13. The van der Waals surface area contributed by atoms with Crippen LogP contribution < -0.4 is 4.90 Å². The quantitative estimate of drug-likeness (QED) is 0.856. The zero-order valence-electron chi connectivity index (χ0n) is 10.5. The number of hydrogen-bond donors (Lipinski definition) is 1. The Labute approximate surface area is 119 Å². The van der Waals surface area contributed by atoms with Gasteiger partial charge in [0.15, 0.2) is 4.34 Å². The Morgan fingerprint density at radius 3 is 2.84 bits per heavy atom. The summed E-state index contributed by atoms with van der Waals surface area (Å²) in [4.78, 5) is 12.5. The summed E-state index contributed by atoms with van der Waals surface area (Å²) in [7, 11) is 1.93. The third kappa shape index (κ3) is 3.45. The van der Waals surface area contributed by atoms with Crippen molar-refractivity contribution in [3.05, 3.63) is 29.8 Å². The number of carboxylic acid groups (broad SMARTS) is 1. The van der Waals surface area contributed by atoms with Crippen LogP contribution in [0.4, 0.5) is 10.8 Å². The van der Waals surface area contributed by atoms with E-state index in [1.165, 1.54) is 23.1 Å². The minimum atomic E-state index is -0.853. The van der Waals surface area contributed by atoms with E-state index in [4.69, 9.17) is 5.11 Å². The summed E-state index contributed by atoms with van der Waals surface area (Å²) in [5.41, 5.74) is 2.22. The Morgan fingerprint density at radius 1 is 1.42 bits per heavy atom. The van der Waals surface area contributed by atoms with E-state index in [9.17, 15) is 4.79 Å². The molecule has 0 spiro atoms. The number of aliphatic carboxylic acids is 1. The van der Waals surface area contributed by atoms with Crippen molar-refractivity contribution in [2.75, 3.05) is 17.7 Å². The highest BCUT2D eigenvalue weighted by molar-refractivity contribution is 8.01. The van der Waals surface area contributed by atoms with Crippen molar-refractivity contribution in [1.82, 2.24) is 10.2 Å². The Morgan fingerprint density at radius 2 is 2.16 bits per heavy atom. The average molecular weight is 295 g/mol. The molecule has 1 N–H and O–H groups in total. The molecule has 2 rings (SSSR count). The number of aryl methyl sites for hydroxylation is 1. The molecule has 0 aliphatic heterocycles. The van der Waals surface area contributed by atoms with Gasteiger partial charge in [-0.15, -0.1) is 10.2 Å². The van der Waals surface area contributed by atoms with E-state index < -0.39 is 5.97 Å². The minimum Gasteiger partial charge on any atom is -0.481 e. The smallest absolute Gasteiger partial charge is 0.313 e. The molecule has 0 bridgehead atoms. The molecule has 7 heteroatoms. The van der Waals surface area contributed by atoms with Crippen molar-refractivity contribution >= 4 is 39.9 Å². The SMILES string of the molecule is Cc1ccccc1N(C)c1nnc(SCC(=O)O)s1. The summed E-state index contributed by atoms with van der Waals surface area (Å²) >= 11 is 2.57. The van der Waals surface area contributed by atoms with Gasteiger partial charge in [-0.2, -0.15) is 0 Å². The normalized spacial score (nSPS) is 10.4. The molecule has 0 unspecified atom stereocenters. The van der Waals surface area contributed by atoms with E-state index in [1.54, 1.807) is 0 Å². The van der Waals surface area contributed by atoms with Gasteiger partial charge in [0.2, 0.25) is 5.13 Å². The largest absolute Gasteiger partial charge is 0.481 e. The van der Waals surface area contributed by atoms with Gasteiger partial charge < -0.3 is 10.0 Å². The van der Waals surface area contributed by atoms with Crippen LogP contribution in [0.5, 0.6) is 0 Å². The van der Waals surface area contributed by atoms with Gasteiger partial charge >= 0.3 is 5.97 Å².